The lowest BCUT2D eigenvalue weighted by Gasteiger charge is -2.23. The third kappa shape index (κ3) is 4.01. The largest absolute Gasteiger partial charge is 0.381 e. The van der Waals surface area contributed by atoms with Gasteiger partial charge in [-0.15, -0.1) is 0 Å². The topological polar surface area (TPSA) is 113 Å². The summed E-state index contributed by atoms with van der Waals surface area (Å²) in [6.07, 6.45) is 0.859. The van der Waals surface area contributed by atoms with Crippen LogP contribution in [0.1, 0.15) is 0 Å². The molecule has 0 bridgehead atoms. The van der Waals surface area contributed by atoms with Gasteiger partial charge in [-0.3, -0.25) is 10.0 Å². The number of hydrogen-bond donors (Lipinski definition) is 3. The molecular formula is C6H13NO6S. The number of carbonyl (C=O) groups excluding carboxylic acids is 1. The second kappa shape index (κ2) is 4.69. The van der Waals surface area contributed by atoms with Gasteiger partial charge in [0.15, 0.2) is 15.4 Å². The maximum absolute atomic E-state index is 10.9. The number of hydroxylamine groups is 1. The SMILES string of the molecule is COCC(O)(CS(C)(=O)=O)C(=O)NO. The minimum absolute atomic E-state index is 0.521. The molecule has 1 unspecified atom stereocenters. The zero-order chi connectivity index (χ0) is 11.4. The summed E-state index contributed by atoms with van der Waals surface area (Å²) < 4.78 is 26.2. The number of amides is 1. The Kier molecular flexibility index (Phi) is 4.46. The predicted octanol–water partition coefficient (Wildman–Crippen LogP) is -2.09. The van der Waals surface area contributed by atoms with E-state index in [1.165, 1.54) is 12.6 Å². The molecule has 0 heterocycles. The molecule has 0 aliphatic heterocycles. The van der Waals surface area contributed by atoms with Crippen molar-refractivity contribution in [2.45, 2.75) is 5.60 Å². The summed E-state index contributed by atoms with van der Waals surface area (Å²) in [6, 6.07) is 0. The van der Waals surface area contributed by atoms with Gasteiger partial charge in [0.2, 0.25) is 0 Å². The molecule has 0 aliphatic rings. The molecule has 84 valence electrons. The van der Waals surface area contributed by atoms with Crippen molar-refractivity contribution in [3.8, 4) is 0 Å². The molecule has 0 rings (SSSR count). The van der Waals surface area contributed by atoms with Gasteiger partial charge in [-0.2, -0.15) is 0 Å². The highest BCUT2D eigenvalue weighted by Crippen LogP contribution is 2.08. The van der Waals surface area contributed by atoms with Gasteiger partial charge >= 0.3 is 0 Å². The average Bonchev–Trinajstić information content (AvgIpc) is 2.00. The van der Waals surface area contributed by atoms with E-state index in [0.29, 0.717) is 0 Å². The van der Waals surface area contributed by atoms with Gasteiger partial charge in [0.1, 0.15) is 0 Å². The van der Waals surface area contributed by atoms with Crippen LogP contribution >= 0.6 is 0 Å². The summed E-state index contributed by atoms with van der Waals surface area (Å²) in [5, 5.41) is 17.8. The number of sulfone groups is 1. The summed E-state index contributed by atoms with van der Waals surface area (Å²) >= 11 is 0. The molecule has 0 aromatic rings. The van der Waals surface area contributed by atoms with E-state index in [1.807, 2.05) is 0 Å². The molecule has 1 atom stereocenters. The normalized spacial score (nSPS) is 16.0. The lowest BCUT2D eigenvalue weighted by Crippen LogP contribution is -2.53. The molecule has 0 aliphatic carbocycles. The second-order valence-corrected chi connectivity index (χ2v) is 5.12. The quantitative estimate of drug-likeness (QED) is 0.367. The Morgan fingerprint density at radius 1 is 1.57 bits per heavy atom. The maximum atomic E-state index is 10.9. The van der Waals surface area contributed by atoms with E-state index in [0.717, 1.165) is 6.26 Å². The zero-order valence-corrected chi connectivity index (χ0v) is 8.67. The molecule has 0 fully saturated rings. The molecule has 7 nitrogen and oxygen atoms in total. The van der Waals surface area contributed by atoms with Crippen molar-refractivity contribution < 1.29 is 28.3 Å². The molecule has 0 radical (unpaired) electrons. The van der Waals surface area contributed by atoms with Crippen LogP contribution in [-0.2, 0) is 19.4 Å². The standard InChI is InChI=1S/C6H13NO6S/c1-13-3-6(9,5(8)7-10)4-14(2,11)12/h9-10H,3-4H2,1-2H3,(H,7,8). The summed E-state index contributed by atoms with van der Waals surface area (Å²) in [6.45, 7) is -0.521. The molecule has 3 N–H and O–H groups in total. The summed E-state index contributed by atoms with van der Waals surface area (Å²) in [7, 11) is -2.37. The fourth-order valence-electron chi connectivity index (χ4n) is 0.949. The van der Waals surface area contributed by atoms with Crippen molar-refractivity contribution in [3.05, 3.63) is 0 Å². The van der Waals surface area contributed by atoms with Crippen LogP contribution in [0, 0.1) is 0 Å². The Bertz CT molecular complexity index is 299. The number of ether oxygens (including phenoxy) is 1. The van der Waals surface area contributed by atoms with Crippen LogP contribution in [0.2, 0.25) is 0 Å². The first-order chi connectivity index (χ1) is 6.25. The fourth-order valence-corrected chi connectivity index (χ4v) is 2.03. The third-order valence-electron chi connectivity index (χ3n) is 1.41. The molecule has 0 saturated carbocycles. The zero-order valence-electron chi connectivity index (χ0n) is 7.85. The van der Waals surface area contributed by atoms with Crippen molar-refractivity contribution >= 4 is 15.7 Å². The Morgan fingerprint density at radius 2 is 2.07 bits per heavy atom. The third-order valence-corrected chi connectivity index (χ3v) is 2.41. The molecule has 1 amide bonds. The Hall–Kier alpha value is -0.700. The van der Waals surface area contributed by atoms with Crippen LogP contribution in [0.4, 0.5) is 0 Å². The first-order valence-electron chi connectivity index (χ1n) is 3.59. The van der Waals surface area contributed by atoms with Crippen LogP contribution in [0.25, 0.3) is 0 Å². The van der Waals surface area contributed by atoms with Gasteiger partial charge in [-0.25, -0.2) is 13.9 Å². The molecule has 8 heteroatoms. The highest BCUT2D eigenvalue weighted by Gasteiger charge is 2.39. The van der Waals surface area contributed by atoms with Crippen LogP contribution < -0.4 is 5.48 Å². The molecule has 0 spiro atoms. The monoisotopic (exact) mass is 227 g/mol. The van der Waals surface area contributed by atoms with Crippen LogP contribution in [0.3, 0.4) is 0 Å². The minimum Gasteiger partial charge on any atom is -0.381 e. The van der Waals surface area contributed by atoms with E-state index in [4.69, 9.17) is 5.21 Å². The Morgan fingerprint density at radius 3 is 2.36 bits per heavy atom. The van der Waals surface area contributed by atoms with Gasteiger partial charge in [0.25, 0.3) is 5.91 Å². The lowest BCUT2D eigenvalue weighted by molar-refractivity contribution is -0.151. The fraction of sp³-hybridized carbons (Fsp3) is 0.833. The summed E-state index contributed by atoms with van der Waals surface area (Å²) in [5.41, 5.74) is -1.09. The number of rotatable bonds is 5. The number of methoxy groups -OCH3 is 1. The van der Waals surface area contributed by atoms with Crippen LogP contribution in [0.5, 0.6) is 0 Å². The van der Waals surface area contributed by atoms with E-state index < -0.39 is 33.7 Å². The predicted molar refractivity (Wildman–Crippen MR) is 46.5 cm³/mol. The lowest BCUT2D eigenvalue weighted by atomic mass is 10.1. The van der Waals surface area contributed by atoms with Crippen molar-refractivity contribution in [1.29, 1.82) is 0 Å². The van der Waals surface area contributed by atoms with E-state index in [9.17, 15) is 18.3 Å². The van der Waals surface area contributed by atoms with E-state index in [1.54, 1.807) is 0 Å². The maximum Gasteiger partial charge on any atom is 0.278 e. The second-order valence-electron chi connectivity index (χ2n) is 2.98. The number of carbonyl (C=O) groups is 1. The highest BCUT2D eigenvalue weighted by molar-refractivity contribution is 7.90. The van der Waals surface area contributed by atoms with E-state index in [-0.39, 0.29) is 0 Å². The highest BCUT2D eigenvalue weighted by atomic mass is 32.2. The number of nitrogens with one attached hydrogen (secondary N) is 1. The van der Waals surface area contributed by atoms with Crippen molar-refractivity contribution in [2.24, 2.45) is 0 Å². The van der Waals surface area contributed by atoms with Crippen LogP contribution in [0.15, 0.2) is 0 Å². The summed E-state index contributed by atoms with van der Waals surface area (Å²) in [4.78, 5) is 10.9. The minimum atomic E-state index is -3.56. The molecule has 0 saturated heterocycles. The van der Waals surface area contributed by atoms with Crippen molar-refractivity contribution in [2.75, 3.05) is 25.7 Å². The Balaban J connectivity index is 4.81. The number of hydrogen-bond acceptors (Lipinski definition) is 6. The molecule has 0 aromatic heterocycles. The van der Waals surface area contributed by atoms with Gasteiger partial charge in [0.05, 0.1) is 12.4 Å². The van der Waals surface area contributed by atoms with E-state index >= 15 is 0 Å². The Labute approximate surface area is 81.6 Å². The van der Waals surface area contributed by atoms with Crippen molar-refractivity contribution in [1.82, 2.24) is 5.48 Å². The van der Waals surface area contributed by atoms with Gasteiger partial charge < -0.3 is 9.84 Å². The van der Waals surface area contributed by atoms with Gasteiger partial charge in [-0.1, -0.05) is 0 Å². The first kappa shape index (κ1) is 13.3. The molecule has 0 aromatic carbocycles. The van der Waals surface area contributed by atoms with E-state index in [2.05, 4.69) is 4.74 Å². The van der Waals surface area contributed by atoms with Crippen molar-refractivity contribution in [3.63, 3.8) is 0 Å². The van der Waals surface area contributed by atoms with Gasteiger partial charge in [-0.05, 0) is 0 Å². The average molecular weight is 227 g/mol. The first-order valence-corrected chi connectivity index (χ1v) is 5.65. The van der Waals surface area contributed by atoms with Crippen LogP contribution in [-0.4, -0.2) is 56.0 Å². The molecule has 14 heavy (non-hydrogen) atoms. The number of aliphatic hydroxyl groups is 1. The molecular weight excluding hydrogens is 214 g/mol. The smallest absolute Gasteiger partial charge is 0.278 e. The summed E-state index contributed by atoms with van der Waals surface area (Å²) in [5.74, 6) is -2.04. The van der Waals surface area contributed by atoms with Gasteiger partial charge in [0, 0.05) is 13.4 Å².